The van der Waals surface area contributed by atoms with E-state index < -0.39 is 5.97 Å². The van der Waals surface area contributed by atoms with Gasteiger partial charge in [-0.25, -0.2) is 4.98 Å². The van der Waals surface area contributed by atoms with E-state index >= 15 is 0 Å². The minimum atomic E-state index is -0.449. The molecule has 8 heteroatoms. The Morgan fingerprint density at radius 2 is 2.00 bits per heavy atom. The summed E-state index contributed by atoms with van der Waals surface area (Å²) in [6, 6.07) is 13.6. The van der Waals surface area contributed by atoms with Gasteiger partial charge in [-0.1, -0.05) is 37.6 Å². The lowest BCUT2D eigenvalue weighted by atomic mass is 10.0. The molecule has 2 aromatic carbocycles. The van der Waals surface area contributed by atoms with Crippen molar-refractivity contribution in [2.45, 2.75) is 39.3 Å². The zero-order valence-corrected chi connectivity index (χ0v) is 19.5. The molecule has 0 radical (unpaired) electrons. The van der Waals surface area contributed by atoms with Crippen LogP contribution in [0.5, 0.6) is 0 Å². The first-order valence-corrected chi connectivity index (χ1v) is 11.4. The van der Waals surface area contributed by atoms with Crippen molar-refractivity contribution in [1.29, 1.82) is 0 Å². The summed E-state index contributed by atoms with van der Waals surface area (Å²) < 4.78 is 12.8. The van der Waals surface area contributed by atoms with Crippen LogP contribution in [0.15, 0.2) is 62.5 Å². The highest BCUT2D eigenvalue weighted by molar-refractivity contribution is 9.10. The average molecular weight is 498 g/mol. The molecule has 4 aromatic rings. The van der Waals surface area contributed by atoms with Crippen LogP contribution in [-0.4, -0.2) is 22.1 Å². The molecule has 2 heterocycles. The number of unbranched alkanes of at least 4 members (excludes halogenated alkanes) is 1. The third-order valence-electron chi connectivity index (χ3n) is 5.26. The monoisotopic (exact) mass is 497 g/mol. The van der Waals surface area contributed by atoms with Crippen molar-refractivity contribution < 1.29 is 13.9 Å². The third-order valence-corrected chi connectivity index (χ3v) is 5.64. The molecular weight excluding hydrogens is 474 g/mol. The van der Waals surface area contributed by atoms with E-state index in [-0.39, 0.29) is 24.0 Å². The Morgan fingerprint density at radius 1 is 1.22 bits per heavy atom. The number of carbonyl (C=O) groups excluding carboxylic acids is 1. The number of hydrogen-bond acceptors (Lipinski definition) is 6. The molecule has 0 aliphatic carbocycles. The largest absolute Gasteiger partial charge is 0.464 e. The van der Waals surface area contributed by atoms with Crippen LogP contribution in [0.3, 0.4) is 0 Å². The molecule has 1 atom stereocenters. The lowest BCUT2D eigenvalue weighted by Gasteiger charge is -2.16. The number of rotatable bonds is 8. The number of aromatic nitrogens is 2. The predicted octanol–water partition coefficient (Wildman–Crippen LogP) is 5.42. The Kier molecular flexibility index (Phi) is 6.60. The van der Waals surface area contributed by atoms with Gasteiger partial charge in [0.1, 0.15) is 22.3 Å². The minimum absolute atomic E-state index is 0.158. The summed E-state index contributed by atoms with van der Waals surface area (Å²) >= 11 is 3.33. The molecule has 0 saturated carbocycles. The number of furan rings is 1. The molecule has 0 aliphatic heterocycles. The molecule has 0 saturated heterocycles. The Bertz CT molecular complexity index is 1330. The summed E-state index contributed by atoms with van der Waals surface area (Å²) in [5.74, 6) is -0.291. The molecule has 0 fully saturated rings. The zero-order valence-electron chi connectivity index (χ0n) is 17.9. The number of ether oxygens (including phenoxy) is 1. The summed E-state index contributed by atoms with van der Waals surface area (Å²) in [6.07, 6.45) is 3.21. The van der Waals surface area contributed by atoms with Gasteiger partial charge in [0.25, 0.3) is 5.56 Å². The van der Waals surface area contributed by atoms with E-state index in [1.807, 2.05) is 50.2 Å². The maximum absolute atomic E-state index is 12.9. The Hall–Kier alpha value is -3.13. The lowest BCUT2D eigenvalue weighted by molar-refractivity contribution is -0.144. The molecule has 166 valence electrons. The van der Waals surface area contributed by atoms with Crippen LogP contribution in [0.2, 0.25) is 0 Å². The summed E-state index contributed by atoms with van der Waals surface area (Å²) in [5, 5.41) is 5.24. The zero-order chi connectivity index (χ0) is 22.7. The van der Waals surface area contributed by atoms with Crippen LogP contribution in [0.4, 0.5) is 5.82 Å². The van der Waals surface area contributed by atoms with Gasteiger partial charge in [-0.15, -0.1) is 0 Å². The van der Waals surface area contributed by atoms with Crippen LogP contribution in [0, 0.1) is 0 Å². The van der Waals surface area contributed by atoms with Crippen molar-refractivity contribution in [2.75, 3.05) is 11.9 Å². The van der Waals surface area contributed by atoms with E-state index in [9.17, 15) is 9.59 Å². The number of anilines is 1. The summed E-state index contributed by atoms with van der Waals surface area (Å²) in [7, 11) is 0. The van der Waals surface area contributed by atoms with Crippen molar-refractivity contribution >= 4 is 49.7 Å². The van der Waals surface area contributed by atoms with Gasteiger partial charge in [0, 0.05) is 17.0 Å². The van der Waals surface area contributed by atoms with Crippen LogP contribution >= 0.6 is 15.9 Å². The Morgan fingerprint density at radius 3 is 2.81 bits per heavy atom. The second kappa shape index (κ2) is 9.56. The second-order valence-electron chi connectivity index (χ2n) is 7.64. The quantitative estimate of drug-likeness (QED) is 0.258. The molecular formula is C24H24BrN3O4. The highest BCUT2D eigenvalue weighted by Gasteiger charge is 2.16. The van der Waals surface area contributed by atoms with Gasteiger partial charge in [0.05, 0.1) is 12.6 Å². The molecule has 0 spiro atoms. The first kappa shape index (κ1) is 22.1. The van der Waals surface area contributed by atoms with Gasteiger partial charge in [0.15, 0.2) is 5.82 Å². The molecule has 2 aromatic heterocycles. The molecule has 32 heavy (non-hydrogen) atoms. The Labute approximate surface area is 193 Å². The van der Waals surface area contributed by atoms with Gasteiger partial charge in [-0.05, 0) is 53.0 Å². The second-order valence-corrected chi connectivity index (χ2v) is 8.45. The van der Waals surface area contributed by atoms with E-state index in [0.29, 0.717) is 11.2 Å². The van der Waals surface area contributed by atoms with E-state index in [0.717, 1.165) is 40.3 Å². The number of fused-ring (bicyclic) bond motifs is 3. The highest BCUT2D eigenvalue weighted by Crippen LogP contribution is 2.31. The molecule has 0 unspecified atom stereocenters. The summed E-state index contributed by atoms with van der Waals surface area (Å²) in [5.41, 5.74) is 2.24. The molecule has 0 amide bonds. The smallest absolute Gasteiger partial charge is 0.326 e. The lowest BCUT2D eigenvalue weighted by Crippen LogP contribution is -2.29. The van der Waals surface area contributed by atoms with Crippen LogP contribution < -0.4 is 10.9 Å². The number of esters is 1. The van der Waals surface area contributed by atoms with Crippen molar-refractivity contribution in [1.82, 2.24) is 9.55 Å². The maximum atomic E-state index is 12.9. The van der Waals surface area contributed by atoms with Gasteiger partial charge >= 0.3 is 5.97 Å². The first-order valence-electron chi connectivity index (χ1n) is 10.6. The fraction of sp³-hybridized carbons (Fsp3) is 0.292. The average Bonchev–Trinajstić information content (AvgIpc) is 3.15. The standard InChI is InChI=1S/C24H24BrN3O4/c1-3-4-11-31-22(29)14-28-13-21(25)27-23(24(28)30)26-15(2)16-9-10-20-18(12-16)17-7-5-6-8-19(17)32-20/h5-10,12-13,15H,3-4,11,14H2,1-2H3,(H,26,27)/t15-/m1/s1. The number of carbonyl (C=O) groups is 1. The first-order chi connectivity index (χ1) is 15.5. The van der Waals surface area contributed by atoms with Crippen molar-refractivity contribution in [2.24, 2.45) is 0 Å². The van der Waals surface area contributed by atoms with Crippen molar-refractivity contribution in [3.8, 4) is 0 Å². The number of para-hydroxylation sites is 1. The SMILES string of the molecule is CCCCOC(=O)Cn1cc(Br)nc(N[C@H](C)c2ccc3oc4ccccc4c3c2)c1=O. The van der Waals surface area contributed by atoms with Crippen molar-refractivity contribution in [3.63, 3.8) is 0 Å². The summed E-state index contributed by atoms with van der Waals surface area (Å²) in [4.78, 5) is 29.2. The number of benzene rings is 2. The third kappa shape index (κ3) is 4.70. The Balaban J connectivity index is 1.57. The van der Waals surface area contributed by atoms with E-state index in [2.05, 4.69) is 32.3 Å². The minimum Gasteiger partial charge on any atom is -0.464 e. The number of nitrogens with one attached hydrogen (secondary N) is 1. The van der Waals surface area contributed by atoms with Gasteiger partial charge in [0.2, 0.25) is 0 Å². The molecule has 4 rings (SSSR count). The molecule has 7 nitrogen and oxygen atoms in total. The summed E-state index contributed by atoms with van der Waals surface area (Å²) in [6.45, 7) is 4.16. The number of nitrogens with zero attached hydrogens (tertiary/aromatic N) is 2. The number of hydrogen-bond donors (Lipinski definition) is 1. The molecule has 0 bridgehead atoms. The van der Waals surface area contributed by atoms with Crippen LogP contribution in [0.25, 0.3) is 21.9 Å². The van der Waals surface area contributed by atoms with E-state index in [1.54, 1.807) is 0 Å². The van der Waals surface area contributed by atoms with Crippen molar-refractivity contribution in [3.05, 3.63) is 69.2 Å². The maximum Gasteiger partial charge on any atom is 0.326 e. The fourth-order valence-electron chi connectivity index (χ4n) is 3.53. The topological polar surface area (TPSA) is 86.4 Å². The number of halogens is 1. The normalized spacial score (nSPS) is 12.2. The fourth-order valence-corrected chi connectivity index (χ4v) is 3.96. The molecule has 1 N–H and O–H groups in total. The van der Waals surface area contributed by atoms with Gasteiger partial charge < -0.3 is 14.5 Å². The van der Waals surface area contributed by atoms with E-state index in [4.69, 9.17) is 9.15 Å². The van der Waals surface area contributed by atoms with Crippen LogP contribution in [-0.2, 0) is 16.1 Å². The van der Waals surface area contributed by atoms with Crippen LogP contribution in [0.1, 0.15) is 38.3 Å². The highest BCUT2D eigenvalue weighted by atomic mass is 79.9. The van der Waals surface area contributed by atoms with E-state index in [1.165, 1.54) is 10.8 Å². The predicted molar refractivity (Wildman–Crippen MR) is 128 cm³/mol. The van der Waals surface area contributed by atoms with Gasteiger partial charge in [-0.3, -0.25) is 14.2 Å². The van der Waals surface area contributed by atoms with Gasteiger partial charge in [-0.2, -0.15) is 0 Å². The molecule has 0 aliphatic rings.